The monoisotopic (exact) mass is 278 g/mol. The van der Waals surface area contributed by atoms with Crippen LogP contribution in [0, 0.1) is 11.8 Å². The third-order valence-electron chi connectivity index (χ3n) is 5.65. The zero-order valence-electron chi connectivity index (χ0n) is 12.7. The molecule has 2 saturated carbocycles. The summed E-state index contributed by atoms with van der Waals surface area (Å²) in [5.41, 5.74) is -0.652. The zero-order valence-corrected chi connectivity index (χ0v) is 12.7. The van der Waals surface area contributed by atoms with E-state index in [1.807, 2.05) is 11.8 Å². The molecule has 1 heterocycles. The second-order valence-electron chi connectivity index (χ2n) is 7.06. The summed E-state index contributed by atoms with van der Waals surface area (Å²) in [6.07, 6.45) is 7.61. The van der Waals surface area contributed by atoms with Gasteiger partial charge in [0.2, 0.25) is 11.8 Å². The molecule has 0 spiro atoms. The number of carbonyl (C=O) groups is 2. The van der Waals surface area contributed by atoms with Crippen LogP contribution < -0.4 is 5.32 Å². The van der Waals surface area contributed by atoms with Crippen molar-refractivity contribution in [2.75, 3.05) is 6.54 Å². The molecule has 0 radical (unpaired) electrons. The summed E-state index contributed by atoms with van der Waals surface area (Å²) in [5, 5.41) is 3.01. The topological polar surface area (TPSA) is 49.4 Å². The van der Waals surface area contributed by atoms with Crippen molar-refractivity contribution in [3.05, 3.63) is 0 Å². The van der Waals surface area contributed by atoms with Gasteiger partial charge >= 0.3 is 0 Å². The predicted octanol–water partition coefficient (Wildman–Crippen LogP) is 2.08. The summed E-state index contributed by atoms with van der Waals surface area (Å²) in [4.78, 5) is 27.0. The van der Waals surface area contributed by atoms with Crippen molar-refractivity contribution in [1.29, 1.82) is 0 Å². The third kappa shape index (κ3) is 2.33. The smallest absolute Gasteiger partial charge is 0.248 e. The Labute approximate surface area is 121 Å². The highest BCUT2D eigenvalue weighted by atomic mass is 16.2. The Morgan fingerprint density at radius 2 is 1.85 bits per heavy atom. The first-order chi connectivity index (χ1) is 9.52. The van der Waals surface area contributed by atoms with Gasteiger partial charge in [-0.3, -0.25) is 9.59 Å². The minimum Gasteiger partial charge on any atom is -0.342 e. The van der Waals surface area contributed by atoms with Crippen molar-refractivity contribution < 1.29 is 9.59 Å². The lowest BCUT2D eigenvalue weighted by Crippen LogP contribution is -2.58. The molecule has 0 aromatic rings. The molecule has 3 fully saturated rings. The summed E-state index contributed by atoms with van der Waals surface area (Å²) in [6.45, 7) is 4.70. The highest BCUT2D eigenvalue weighted by Crippen LogP contribution is 2.42. The van der Waals surface area contributed by atoms with Crippen LogP contribution in [0.2, 0.25) is 0 Å². The van der Waals surface area contributed by atoms with E-state index in [4.69, 9.17) is 0 Å². The van der Waals surface area contributed by atoms with Crippen molar-refractivity contribution in [2.24, 2.45) is 11.8 Å². The second kappa shape index (κ2) is 5.05. The molecule has 2 unspecified atom stereocenters. The highest BCUT2D eigenvalue weighted by Gasteiger charge is 2.52. The van der Waals surface area contributed by atoms with Crippen LogP contribution in [0.3, 0.4) is 0 Å². The fourth-order valence-corrected chi connectivity index (χ4v) is 4.05. The lowest BCUT2D eigenvalue weighted by molar-refractivity contribution is -0.141. The molecule has 1 saturated heterocycles. The van der Waals surface area contributed by atoms with Gasteiger partial charge in [-0.1, -0.05) is 12.8 Å². The van der Waals surface area contributed by atoms with Crippen LogP contribution in [0.15, 0.2) is 0 Å². The maximum absolute atomic E-state index is 13.0. The highest BCUT2D eigenvalue weighted by molar-refractivity contribution is 5.94. The minimum atomic E-state index is -0.652. The largest absolute Gasteiger partial charge is 0.342 e. The van der Waals surface area contributed by atoms with E-state index in [1.54, 1.807) is 0 Å². The van der Waals surface area contributed by atoms with Crippen molar-refractivity contribution in [3.63, 3.8) is 0 Å². The maximum atomic E-state index is 13.0. The van der Waals surface area contributed by atoms with E-state index in [0.29, 0.717) is 24.8 Å². The molecule has 2 amide bonds. The normalized spacial score (nSPS) is 34.0. The number of rotatable bonds is 3. The van der Waals surface area contributed by atoms with Gasteiger partial charge in [0, 0.05) is 19.0 Å². The Balaban J connectivity index is 1.81. The molecule has 2 atom stereocenters. The van der Waals surface area contributed by atoms with Crippen LogP contribution in [0.4, 0.5) is 0 Å². The molecule has 20 heavy (non-hydrogen) atoms. The lowest BCUT2D eigenvalue weighted by atomic mass is 9.91. The van der Waals surface area contributed by atoms with E-state index in [1.165, 1.54) is 25.7 Å². The summed E-state index contributed by atoms with van der Waals surface area (Å²) < 4.78 is 0. The second-order valence-corrected chi connectivity index (χ2v) is 7.06. The van der Waals surface area contributed by atoms with Gasteiger partial charge in [-0.05, 0) is 51.4 Å². The van der Waals surface area contributed by atoms with Gasteiger partial charge in [0.1, 0.15) is 5.54 Å². The van der Waals surface area contributed by atoms with E-state index < -0.39 is 5.54 Å². The molecule has 3 aliphatic rings. The van der Waals surface area contributed by atoms with Gasteiger partial charge in [-0.2, -0.15) is 0 Å². The van der Waals surface area contributed by atoms with Crippen LogP contribution in [-0.4, -0.2) is 34.8 Å². The van der Waals surface area contributed by atoms with Crippen LogP contribution in [0.1, 0.15) is 58.8 Å². The zero-order chi connectivity index (χ0) is 14.3. The first kappa shape index (κ1) is 13.9. The minimum absolute atomic E-state index is 0.0360. The molecule has 2 aliphatic carbocycles. The lowest BCUT2D eigenvalue weighted by Gasteiger charge is -2.37. The van der Waals surface area contributed by atoms with Crippen LogP contribution in [0.25, 0.3) is 0 Å². The Morgan fingerprint density at radius 3 is 2.45 bits per heavy atom. The number of amides is 2. The summed E-state index contributed by atoms with van der Waals surface area (Å²) in [6, 6.07) is 0.274. The molecule has 1 N–H and O–H groups in total. The maximum Gasteiger partial charge on any atom is 0.248 e. The average Bonchev–Trinajstić information content (AvgIpc) is 3.15. The quantitative estimate of drug-likeness (QED) is 0.859. The van der Waals surface area contributed by atoms with Gasteiger partial charge in [-0.25, -0.2) is 0 Å². The Morgan fingerprint density at radius 1 is 1.20 bits per heavy atom. The van der Waals surface area contributed by atoms with Crippen LogP contribution in [0.5, 0.6) is 0 Å². The van der Waals surface area contributed by atoms with Crippen molar-refractivity contribution in [3.8, 4) is 0 Å². The van der Waals surface area contributed by atoms with Gasteiger partial charge in [0.25, 0.3) is 0 Å². The number of hydrogen-bond donors (Lipinski definition) is 1. The fourth-order valence-electron chi connectivity index (χ4n) is 4.05. The number of nitrogens with one attached hydrogen (secondary N) is 1. The third-order valence-corrected chi connectivity index (χ3v) is 5.65. The fraction of sp³-hybridized carbons (Fsp3) is 0.875. The molecule has 3 rings (SSSR count). The summed E-state index contributed by atoms with van der Waals surface area (Å²) in [5.74, 6) is 1.16. The molecule has 4 heteroatoms. The summed E-state index contributed by atoms with van der Waals surface area (Å²) in [7, 11) is 0. The summed E-state index contributed by atoms with van der Waals surface area (Å²) >= 11 is 0. The number of hydrogen-bond acceptors (Lipinski definition) is 2. The Kier molecular flexibility index (Phi) is 3.51. The van der Waals surface area contributed by atoms with Gasteiger partial charge in [-0.15, -0.1) is 0 Å². The predicted molar refractivity (Wildman–Crippen MR) is 77.0 cm³/mol. The Bertz CT molecular complexity index is 413. The molecular weight excluding hydrogens is 252 g/mol. The molecule has 1 aliphatic heterocycles. The van der Waals surface area contributed by atoms with Crippen molar-refractivity contribution in [2.45, 2.75) is 70.4 Å². The van der Waals surface area contributed by atoms with Crippen LogP contribution in [-0.2, 0) is 9.59 Å². The molecule has 0 aromatic carbocycles. The van der Waals surface area contributed by atoms with Gasteiger partial charge in [0.05, 0.1) is 0 Å². The van der Waals surface area contributed by atoms with Crippen LogP contribution >= 0.6 is 0 Å². The van der Waals surface area contributed by atoms with E-state index in [2.05, 4.69) is 12.2 Å². The van der Waals surface area contributed by atoms with E-state index in [9.17, 15) is 9.59 Å². The standard InChI is InChI=1S/C16H26N2O2/c1-11(12-5-3-4-6-12)18-10-9-14(19)17-16(2,15(18)20)13-7-8-13/h11-13H,3-10H2,1-2H3,(H,17,19). The van der Waals surface area contributed by atoms with Crippen molar-refractivity contribution in [1.82, 2.24) is 10.2 Å². The van der Waals surface area contributed by atoms with E-state index in [-0.39, 0.29) is 17.9 Å². The number of nitrogens with zero attached hydrogens (tertiary/aromatic N) is 1. The van der Waals surface area contributed by atoms with E-state index in [0.717, 1.165) is 12.8 Å². The molecule has 0 aromatic heterocycles. The Hall–Kier alpha value is -1.06. The SMILES string of the molecule is CC(C1CCCC1)N1CCC(=O)NC(C)(C2CC2)C1=O. The molecule has 112 valence electrons. The van der Waals surface area contributed by atoms with Gasteiger partial charge < -0.3 is 10.2 Å². The first-order valence-corrected chi connectivity index (χ1v) is 8.14. The number of carbonyl (C=O) groups excluding carboxylic acids is 2. The molecule has 0 bridgehead atoms. The first-order valence-electron chi connectivity index (χ1n) is 8.14. The van der Waals surface area contributed by atoms with E-state index >= 15 is 0 Å². The molecule has 4 nitrogen and oxygen atoms in total. The molecular formula is C16H26N2O2. The van der Waals surface area contributed by atoms with Gasteiger partial charge in [0.15, 0.2) is 0 Å². The van der Waals surface area contributed by atoms with Crippen molar-refractivity contribution >= 4 is 11.8 Å². The average molecular weight is 278 g/mol.